The third-order valence-electron chi connectivity index (χ3n) is 4.34. The van der Waals surface area contributed by atoms with Gasteiger partial charge in [0.05, 0.1) is 7.11 Å². The average Bonchev–Trinajstić information content (AvgIpc) is 2.73. The molecule has 0 aliphatic carbocycles. The van der Waals surface area contributed by atoms with Gasteiger partial charge in [0, 0.05) is 18.5 Å². The first-order valence-corrected chi connectivity index (χ1v) is 9.80. The number of amides is 1. The van der Waals surface area contributed by atoms with Gasteiger partial charge in [-0.1, -0.05) is 54.6 Å². The van der Waals surface area contributed by atoms with E-state index in [-0.39, 0.29) is 16.9 Å². The van der Waals surface area contributed by atoms with Crippen LogP contribution in [0.2, 0.25) is 0 Å². The summed E-state index contributed by atoms with van der Waals surface area (Å²) >= 11 is 1.51. The van der Waals surface area contributed by atoms with E-state index in [1.54, 1.807) is 24.1 Å². The lowest BCUT2D eigenvalue weighted by Gasteiger charge is -2.24. The molecule has 0 aromatic heterocycles. The molecule has 3 aromatic carbocycles. The third-order valence-corrected chi connectivity index (χ3v) is 5.59. The molecule has 0 saturated carbocycles. The Labute approximate surface area is 169 Å². The molecule has 0 N–H and O–H groups in total. The second kappa shape index (κ2) is 9.42. The third kappa shape index (κ3) is 4.93. The van der Waals surface area contributed by atoms with Gasteiger partial charge in [0.25, 0.3) is 0 Å². The highest BCUT2D eigenvalue weighted by Gasteiger charge is 2.25. The van der Waals surface area contributed by atoms with Gasteiger partial charge >= 0.3 is 0 Å². The number of methoxy groups -OCH3 is 1. The number of benzene rings is 3. The van der Waals surface area contributed by atoms with Crippen LogP contribution in [0.4, 0.5) is 4.39 Å². The van der Waals surface area contributed by atoms with E-state index in [2.05, 4.69) is 0 Å². The van der Waals surface area contributed by atoms with Gasteiger partial charge in [-0.05, 0) is 35.4 Å². The maximum Gasteiger partial charge on any atom is 0.240 e. The number of carbonyl (C=O) groups excluding carboxylic acids is 1. The first-order valence-electron chi connectivity index (χ1n) is 8.92. The summed E-state index contributed by atoms with van der Waals surface area (Å²) in [4.78, 5) is 15.9. The van der Waals surface area contributed by atoms with Crippen LogP contribution in [0.5, 0.6) is 5.75 Å². The fourth-order valence-corrected chi connectivity index (χ4v) is 4.04. The quantitative estimate of drug-likeness (QED) is 0.507. The van der Waals surface area contributed by atoms with Crippen molar-refractivity contribution in [3.63, 3.8) is 0 Å². The zero-order valence-electron chi connectivity index (χ0n) is 15.8. The Kier molecular flexibility index (Phi) is 6.71. The lowest BCUT2D eigenvalue weighted by atomic mass is 10.1. The lowest BCUT2D eigenvalue weighted by Crippen LogP contribution is -2.30. The van der Waals surface area contributed by atoms with Gasteiger partial charge in [-0.15, -0.1) is 11.8 Å². The molecule has 1 amide bonds. The molecule has 0 bridgehead atoms. The zero-order chi connectivity index (χ0) is 19.9. The SMILES string of the molecule is COc1ccc(CN(C)C(=O)C(Sc2ccccc2)c2ccccc2)cc1F. The number of hydrogen-bond donors (Lipinski definition) is 0. The van der Waals surface area contributed by atoms with Gasteiger partial charge < -0.3 is 9.64 Å². The molecule has 3 nitrogen and oxygen atoms in total. The molecule has 144 valence electrons. The number of ether oxygens (including phenoxy) is 1. The minimum Gasteiger partial charge on any atom is -0.494 e. The van der Waals surface area contributed by atoms with Crippen LogP contribution in [0.3, 0.4) is 0 Å². The van der Waals surface area contributed by atoms with Crippen molar-refractivity contribution in [1.29, 1.82) is 0 Å². The number of likely N-dealkylation sites (N-methyl/N-ethyl adjacent to an activating group) is 1. The van der Waals surface area contributed by atoms with Gasteiger partial charge in [-0.25, -0.2) is 4.39 Å². The summed E-state index contributed by atoms with van der Waals surface area (Å²) in [7, 11) is 3.17. The summed E-state index contributed by atoms with van der Waals surface area (Å²) < 4.78 is 18.9. The minimum absolute atomic E-state index is 0.0312. The van der Waals surface area contributed by atoms with Crippen LogP contribution in [-0.4, -0.2) is 25.0 Å². The highest BCUT2D eigenvalue weighted by atomic mass is 32.2. The smallest absolute Gasteiger partial charge is 0.240 e. The highest BCUT2D eigenvalue weighted by Crippen LogP contribution is 2.36. The maximum atomic E-state index is 14.0. The minimum atomic E-state index is -0.431. The zero-order valence-corrected chi connectivity index (χ0v) is 16.7. The number of halogens is 1. The number of rotatable bonds is 7. The van der Waals surface area contributed by atoms with E-state index in [4.69, 9.17) is 4.74 Å². The Morgan fingerprint density at radius 2 is 1.68 bits per heavy atom. The molecular weight excluding hydrogens is 373 g/mol. The van der Waals surface area contributed by atoms with Crippen LogP contribution in [0.1, 0.15) is 16.4 Å². The van der Waals surface area contributed by atoms with E-state index in [0.29, 0.717) is 12.1 Å². The predicted molar refractivity (Wildman–Crippen MR) is 111 cm³/mol. The predicted octanol–water partition coefficient (Wildman–Crippen LogP) is 5.33. The Balaban J connectivity index is 1.81. The van der Waals surface area contributed by atoms with Gasteiger partial charge in [0.2, 0.25) is 5.91 Å². The van der Waals surface area contributed by atoms with Crippen molar-refractivity contribution in [1.82, 2.24) is 4.90 Å². The average molecular weight is 395 g/mol. The van der Waals surface area contributed by atoms with Gasteiger partial charge in [0.1, 0.15) is 5.25 Å². The number of nitrogens with zero attached hydrogens (tertiary/aromatic N) is 1. The molecule has 0 fully saturated rings. The Hall–Kier alpha value is -2.79. The molecular formula is C23H22FNO2S. The second-order valence-electron chi connectivity index (χ2n) is 6.38. The van der Waals surface area contributed by atoms with Gasteiger partial charge in [0.15, 0.2) is 11.6 Å². The molecule has 3 aromatic rings. The topological polar surface area (TPSA) is 29.5 Å². The summed E-state index contributed by atoms with van der Waals surface area (Å²) in [5.41, 5.74) is 1.65. The van der Waals surface area contributed by atoms with Crippen LogP contribution in [0.15, 0.2) is 83.8 Å². The molecule has 0 saturated heterocycles. The van der Waals surface area contributed by atoms with Crippen molar-refractivity contribution in [2.75, 3.05) is 14.2 Å². The lowest BCUT2D eigenvalue weighted by molar-refractivity contribution is -0.129. The fourth-order valence-electron chi connectivity index (χ4n) is 2.88. The van der Waals surface area contributed by atoms with Crippen molar-refractivity contribution in [2.45, 2.75) is 16.7 Å². The molecule has 0 heterocycles. The van der Waals surface area contributed by atoms with Crippen LogP contribution < -0.4 is 4.74 Å². The van der Waals surface area contributed by atoms with Crippen LogP contribution >= 0.6 is 11.8 Å². The first kappa shape index (κ1) is 20.0. The Morgan fingerprint density at radius 1 is 1.04 bits per heavy atom. The first-order chi connectivity index (χ1) is 13.6. The molecule has 28 heavy (non-hydrogen) atoms. The van der Waals surface area contributed by atoms with Crippen molar-refractivity contribution in [2.24, 2.45) is 0 Å². The summed E-state index contributed by atoms with van der Waals surface area (Å²) in [6.45, 7) is 0.318. The van der Waals surface area contributed by atoms with Crippen molar-refractivity contribution < 1.29 is 13.9 Å². The number of hydrogen-bond acceptors (Lipinski definition) is 3. The fraction of sp³-hybridized carbons (Fsp3) is 0.174. The van der Waals surface area contributed by atoms with E-state index < -0.39 is 5.82 Å². The maximum absolute atomic E-state index is 14.0. The molecule has 5 heteroatoms. The van der Waals surface area contributed by atoms with Gasteiger partial charge in [-0.3, -0.25) is 4.79 Å². The summed E-state index contributed by atoms with van der Waals surface area (Å²) in [6, 6.07) is 24.3. The standard InChI is InChI=1S/C23H22FNO2S/c1-25(16-17-13-14-21(27-2)20(24)15-17)23(26)22(18-9-5-3-6-10-18)28-19-11-7-4-8-12-19/h3-15,22H,16H2,1-2H3. The van der Waals surface area contributed by atoms with Crippen molar-refractivity contribution in [3.8, 4) is 5.75 Å². The Morgan fingerprint density at radius 3 is 2.29 bits per heavy atom. The van der Waals surface area contributed by atoms with Crippen molar-refractivity contribution in [3.05, 3.63) is 95.8 Å². The molecule has 0 spiro atoms. The van der Waals surface area contributed by atoms with Crippen molar-refractivity contribution >= 4 is 17.7 Å². The van der Waals surface area contributed by atoms with E-state index in [1.807, 2.05) is 60.7 Å². The van der Waals surface area contributed by atoms with Crippen LogP contribution in [0, 0.1) is 5.82 Å². The van der Waals surface area contributed by atoms with E-state index in [0.717, 1.165) is 10.5 Å². The summed E-state index contributed by atoms with van der Waals surface area (Å²) in [6.07, 6.45) is 0. The monoisotopic (exact) mass is 395 g/mol. The second-order valence-corrected chi connectivity index (χ2v) is 7.56. The summed E-state index contributed by atoms with van der Waals surface area (Å²) in [5, 5.41) is -0.378. The summed E-state index contributed by atoms with van der Waals surface area (Å²) in [5.74, 6) is -0.269. The van der Waals surface area contributed by atoms with E-state index >= 15 is 0 Å². The largest absolute Gasteiger partial charge is 0.494 e. The molecule has 0 aliphatic rings. The van der Waals surface area contributed by atoms with E-state index in [9.17, 15) is 9.18 Å². The molecule has 0 aliphatic heterocycles. The molecule has 0 radical (unpaired) electrons. The highest BCUT2D eigenvalue weighted by molar-refractivity contribution is 8.00. The molecule has 3 rings (SSSR count). The normalized spacial score (nSPS) is 11.7. The molecule has 1 unspecified atom stereocenters. The molecule has 1 atom stereocenters. The Bertz CT molecular complexity index is 918. The van der Waals surface area contributed by atoms with Crippen LogP contribution in [0.25, 0.3) is 0 Å². The van der Waals surface area contributed by atoms with Gasteiger partial charge in [-0.2, -0.15) is 0 Å². The number of carbonyl (C=O) groups is 1. The van der Waals surface area contributed by atoms with E-state index in [1.165, 1.54) is 24.9 Å². The van der Waals surface area contributed by atoms with Crippen LogP contribution in [-0.2, 0) is 11.3 Å². The number of thioether (sulfide) groups is 1.